The van der Waals surface area contributed by atoms with Crippen LogP contribution in [0.4, 0.5) is 0 Å². The van der Waals surface area contributed by atoms with E-state index in [-0.39, 0.29) is 0 Å². The topological polar surface area (TPSA) is 50.7 Å². The standard InChI is InChI=1S/C22H20N2.C2H7N/c1-5-10-18(6-2)17(3)24-22(23-4)21-15-13-20(14-16-21)19-11-8-7-9-12-19;1-2-3/h5-16H,1-4H2;2-3H2,1H3/b18-10+,24-22?;. The number of rotatable bonds is 6. The first-order valence-electron chi connectivity index (χ1n) is 8.67. The molecule has 2 N–H and O–H groups in total. The number of allylic oxidation sites excluding steroid dienone is 3. The van der Waals surface area contributed by atoms with Crippen LogP contribution >= 0.6 is 0 Å². The summed E-state index contributed by atoms with van der Waals surface area (Å²) in [5, 5.41) is 0. The van der Waals surface area contributed by atoms with Crippen molar-refractivity contribution >= 4 is 12.6 Å². The average molecular weight is 358 g/mol. The molecular weight excluding hydrogens is 330 g/mol. The van der Waals surface area contributed by atoms with Gasteiger partial charge in [-0.1, -0.05) is 99.5 Å². The Balaban J connectivity index is 0.00000114. The van der Waals surface area contributed by atoms with Crippen molar-refractivity contribution in [1.29, 1.82) is 0 Å². The number of hydrogen-bond donors (Lipinski definition) is 1. The van der Waals surface area contributed by atoms with Crippen molar-refractivity contribution in [1.82, 2.24) is 0 Å². The van der Waals surface area contributed by atoms with Gasteiger partial charge in [-0.15, -0.1) is 0 Å². The minimum absolute atomic E-state index is 0.524. The van der Waals surface area contributed by atoms with Gasteiger partial charge < -0.3 is 5.73 Å². The second-order valence-electron chi connectivity index (χ2n) is 5.45. The van der Waals surface area contributed by atoms with Gasteiger partial charge in [0.15, 0.2) is 5.84 Å². The van der Waals surface area contributed by atoms with E-state index < -0.39 is 0 Å². The summed E-state index contributed by atoms with van der Waals surface area (Å²) < 4.78 is 0. The molecule has 0 unspecified atom stereocenters. The SMILES string of the molecule is C=C/C=C(\C=C)C(=C)N=C(N=C)c1ccc(-c2ccccc2)cc1.CCN. The molecule has 0 spiro atoms. The largest absolute Gasteiger partial charge is 0.331 e. The number of nitrogens with zero attached hydrogens (tertiary/aromatic N) is 2. The van der Waals surface area contributed by atoms with Crippen LogP contribution in [0.1, 0.15) is 12.5 Å². The highest BCUT2D eigenvalue weighted by atomic mass is 14.9. The maximum Gasteiger partial charge on any atom is 0.159 e. The quantitative estimate of drug-likeness (QED) is 0.410. The van der Waals surface area contributed by atoms with Crippen molar-refractivity contribution in [3.8, 4) is 11.1 Å². The molecule has 0 radical (unpaired) electrons. The van der Waals surface area contributed by atoms with E-state index in [2.05, 4.69) is 48.6 Å². The Morgan fingerprint density at radius 3 is 2.04 bits per heavy atom. The Morgan fingerprint density at radius 1 is 1.00 bits per heavy atom. The highest BCUT2D eigenvalue weighted by Crippen LogP contribution is 2.20. The predicted molar refractivity (Wildman–Crippen MR) is 120 cm³/mol. The molecule has 0 aliphatic carbocycles. The smallest absolute Gasteiger partial charge is 0.159 e. The van der Waals surface area contributed by atoms with E-state index >= 15 is 0 Å². The van der Waals surface area contributed by atoms with Gasteiger partial charge in [0.05, 0.1) is 5.70 Å². The zero-order valence-electron chi connectivity index (χ0n) is 15.9. The maximum absolute atomic E-state index is 4.85. The van der Waals surface area contributed by atoms with E-state index in [0.29, 0.717) is 11.5 Å². The highest BCUT2D eigenvalue weighted by Gasteiger charge is 2.05. The summed E-state index contributed by atoms with van der Waals surface area (Å²) in [5.41, 5.74) is 9.40. The first-order valence-corrected chi connectivity index (χ1v) is 8.67. The monoisotopic (exact) mass is 357 g/mol. The van der Waals surface area contributed by atoms with Gasteiger partial charge in [-0.25, -0.2) is 9.98 Å². The van der Waals surface area contributed by atoms with E-state index in [9.17, 15) is 0 Å². The Kier molecular flexibility index (Phi) is 9.76. The molecule has 0 amide bonds. The van der Waals surface area contributed by atoms with E-state index in [1.165, 1.54) is 5.56 Å². The van der Waals surface area contributed by atoms with Crippen LogP contribution in [0.3, 0.4) is 0 Å². The van der Waals surface area contributed by atoms with E-state index in [1.54, 1.807) is 18.2 Å². The Bertz CT molecular complexity index is 826. The number of hydrogen-bond acceptors (Lipinski definition) is 2. The highest BCUT2D eigenvalue weighted by molar-refractivity contribution is 6.02. The van der Waals surface area contributed by atoms with Crippen molar-refractivity contribution in [2.75, 3.05) is 6.54 Å². The molecule has 0 heterocycles. The van der Waals surface area contributed by atoms with Crippen molar-refractivity contribution < 1.29 is 0 Å². The van der Waals surface area contributed by atoms with Crippen LogP contribution in [-0.4, -0.2) is 19.1 Å². The summed E-state index contributed by atoms with van der Waals surface area (Å²) in [6, 6.07) is 18.3. The van der Waals surface area contributed by atoms with Crippen molar-refractivity contribution in [2.45, 2.75) is 6.92 Å². The van der Waals surface area contributed by atoms with Gasteiger partial charge in [-0.2, -0.15) is 0 Å². The van der Waals surface area contributed by atoms with E-state index in [4.69, 9.17) is 5.73 Å². The van der Waals surface area contributed by atoms with Crippen LogP contribution in [0.15, 0.2) is 114 Å². The molecule has 0 saturated heterocycles. The lowest BCUT2D eigenvalue weighted by Crippen LogP contribution is -1.98. The first kappa shape index (κ1) is 21.7. The molecule has 27 heavy (non-hydrogen) atoms. The number of amidine groups is 1. The summed E-state index contributed by atoms with van der Waals surface area (Å²) in [7, 11) is 0. The van der Waals surface area contributed by atoms with Gasteiger partial charge in [-0.3, -0.25) is 0 Å². The van der Waals surface area contributed by atoms with Crippen molar-refractivity contribution in [3.05, 3.63) is 109 Å². The number of benzene rings is 2. The van der Waals surface area contributed by atoms with Crippen molar-refractivity contribution in [3.63, 3.8) is 0 Å². The summed E-state index contributed by atoms with van der Waals surface area (Å²) in [5.74, 6) is 0.524. The van der Waals surface area contributed by atoms with Gasteiger partial charge in [-0.05, 0) is 30.0 Å². The predicted octanol–water partition coefficient (Wildman–Crippen LogP) is 5.58. The summed E-state index contributed by atoms with van der Waals surface area (Å²) in [4.78, 5) is 8.49. The molecule has 0 aliphatic rings. The molecule has 0 atom stereocenters. The van der Waals surface area contributed by atoms with Gasteiger partial charge >= 0.3 is 0 Å². The van der Waals surface area contributed by atoms with Crippen LogP contribution in [0.5, 0.6) is 0 Å². The normalized spacial score (nSPS) is 11.0. The van der Waals surface area contributed by atoms with Crippen LogP contribution in [0, 0.1) is 0 Å². The molecule has 2 rings (SSSR count). The second kappa shape index (κ2) is 12.1. The zero-order chi connectivity index (χ0) is 20.1. The van der Waals surface area contributed by atoms with E-state index in [1.807, 2.05) is 49.4 Å². The fourth-order valence-corrected chi connectivity index (χ4v) is 2.23. The molecule has 2 aromatic carbocycles. The lowest BCUT2D eigenvalue weighted by Gasteiger charge is -2.06. The van der Waals surface area contributed by atoms with Gasteiger partial charge in [0.1, 0.15) is 0 Å². The second-order valence-corrected chi connectivity index (χ2v) is 5.45. The molecule has 2 aromatic rings. The van der Waals surface area contributed by atoms with Gasteiger partial charge in [0.25, 0.3) is 0 Å². The fourth-order valence-electron chi connectivity index (χ4n) is 2.23. The maximum atomic E-state index is 4.85. The summed E-state index contributed by atoms with van der Waals surface area (Å²) in [6.07, 6.45) is 5.16. The third-order valence-electron chi connectivity index (χ3n) is 3.49. The molecule has 3 heteroatoms. The lowest BCUT2D eigenvalue weighted by atomic mass is 10.0. The van der Waals surface area contributed by atoms with E-state index in [0.717, 1.165) is 23.2 Å². The minimum Gasteiger partial charge on any atom is -0.331 e. The Labute approximate surface area is 162 Å². The summed E-state index contributed by atoms with van der Waals surface area (Å²) >= 11 is 0. The molecule has 138 valence electrons. The molecule has 0 saturated carbocycles. The number of aliphatic imine (C=N–C) groups is 2. The molecule has 0 bridgehead atoms. The third-order valence-corrected chi connectivity index (χ3v) is 3.49. The average Bonchev–Trinajstić information content (AvgIpc) is 2.71. The van der Waals surface area contributed by atoms with Crippen LogP contribution in [-0.2, 0) is 0 Å². The Morgan fingerprint density at radius 2 is 1.56 bits per heavy atom. The zero-order valence-corrected chi connectivity index (χ0v) is 15.9. The third kappa shape index (κ3) is 6.84. The lowest BCUT2D eigenvalue weighted by molar-refractivity contribution is 1.14. The summed E-state index contributed by atoms with van der Waals surface area (Å²) in [6.45, 7) is 17.7. The first-order chi connectivity index (χ1) is 13.1. The van der Waals surface area contributed by atoms with Gasteiger partial charge in [0.2, 0.25) is 0 Å². The van der Waals surface area contributed by atoms with Gasteiger partial charge in [0, 0.05) is 5.56 Å². The molecular formula is C24H27N3. The minimum atomic E-state index is 0.524. The van der Waals surface area contributed by atoms with Crippen LogP contribution in [0.2, 0.25) is 0 Å². The van der Waals surface area contributed by atoms with Crippen LogP contribution in [0.25, 0.3) is 11.1 Å². The molecule has 0 aliphatic heterocycles. The van der Waals surface area contributed by atoms with Crippen LogP contribution < -0.4 is 5.73 Å². The Hall–Kier alpha value is -3.30. The molecule has 0 fully saturated rings. The van der Waals surface area contributed by atoms with Crippen molar-refractivity contribution in [2.24, 2.45) is 15.7 Å². The fraction of sp³-hybridized carbons (Fsp3) is 0.0833. The molecule has 3 nitrogen and oxygen atoms in total. The molecule has 0 aromatic heterocycles. The number of nitrogens with two attached hydrogens (primary N) is 1.